The van der Waals surface area contributed by atoms with Crippen molar-refractivity contribution >= 4 is 39.1 Å². The van der Waals surface area contributed by atoms with E-state index >= 15 is 0 Å². The SMILES string of the molecule is COc1ccc(CCNC(=O)CNS(=O)(=O)c2cc(Cl)ccc2Cl)cc1. The molecule has 9 heteroatoms. The fourth-order valence-corrected chi connectivity index (χ4v) is 3.86. The smallest absolute Gasteiger partial charge is 0.242 e. The van der Waals surface area contributed by atoms with E-state index in [0.717, 1.165) is 11.3 Å². The third-order valence-electron chi connectivity index (χ3n) is 3.50. The van der Waals surface area contributed by atoms with Gasteiger partial charge in [-0.15, -0.1) is 0 Å². The summed E-state index contributed by atoms with van der Waals surface area (Å²) in [7, 11) is -2.34. The van der Waals surface area contributed by atoms with Crippen molar-refractivity contribution in [3.63, 3.8) is 0 Å². The van der Waals surface area contributed by atoms with Crippen LogP contribution < -0.4 is 14.8 Å². The fourth-order valence-electron chi connectivity index (χ4n) is 2.12. The summed E-state index contributed by atoms with van der Waals surface area (Å²) >= 11 is 11.7. The predicted molar refractivity (Wildman–Crippen MR) is 101 cm³/mol. The van der Waals surface area contributed by atoms with Crippen LogP contribution in [0, 0.1) is 0 Å². The molecule has 0 aliphatic carbocycles. The summed E-state index contributed by atoms with van der Waals surface area (Å²) in [6, 6.07) is 11.6. The van der Waals surface area contributed by atoms with Gasteiger partial charge in [-0.05, 0) is 42.3 Å². The van der Waals surface area contributed by atoms with Crippen LogP contribution in [-0.2, 0) is 21.2 Å². The molecule has 0 aliphatic heterocycles. The summed E-state index contributed by atoms with van der Waals surface area (Å²) in [6.45, 7) is -0.0153. The van der Waals surface area contributed by atoms with E-state index < -0.39 is 22.5 Å². The van der Waals surface area contributed by atoms with Crippen molar-refractivity contribution < 1.29 is 17.9 Å². The Labute approximate surface area is 162 Å². The summed E-state index contributed by atoms with van der Waals surface area (Å²) in [4.78, 5) is 11.7. The van der Waals surface area contributed by atoms with Gasteiger partial charge < -0.3 is 10.1 Å². The van der Waals surface area contributed by atoms with Gasteiger partial charge in [0.15, 0.2) is 0 Å². The Morgan fingerprint density at radius 2 is 1.81 bits per heavy atom. The second kappa shape index (κ2) is 9.23. The lowest BCUT2D eigenvalue weighted by atomic mass is 10.1. The molecule has 0 aromatic heterocycles. The highest BCUT2D eigenvalue weighted by Gasteiger charge is 2.19. The average Bonchev–Trinajstić information content (AvgIpc) is 2.62. The molecule has 0 saturated carbocycles. The van der Waals surface area contributed by atoms with E-state index in [9.17, 15) is 13.2 Å². The van der Waals surface area contributed by atoms with Crippen molar-refractivity contribution in [1.29, 1.82) is 0 Å². The first-order chi connectivity index (χ1) is 12.3. The number of rotatable bonds is 8. The first kappa shape index (κ1) is 20.5. The number of carbonyl (C=O) groups excluding carboxylic acids is 1. The van der Waals surface area contributed by atoms with Crippen LogP contribution in [0.1, 0.15) is 5.56 Å². The van der Waals surface area contributed by atoms with Crippen molar-refractivity contribution in [2.75, 3.05) is 20.2 Å². The third-order valence-corrected chi connectivity index (χ3v) is 5.62. The molecule has 0 aliphatic rings. The van der Waals surface area contributed by atoms with E-state index in [2.05, 4.69) is 10.0 Å². The average molecular weight is 417 g/mol. The standard InChI is InChI=1S/C17H18Cl2N2O4S/c1-25-14-5-2-12(3-6-14)8-9-20-17(22)11-21-26(23,24)16-10-13(18)4-7-15(16)19/h2-7,10,21H,8-9,11H2,1H3,(H,20,22). The van der Waals surface area contributed by atoms with Crippen LogP contribution in [-0.4, -0.2) is 34.5 Å². The molecule has 1 amide bonds. The minimum absolute atomic E-state index is 0.0295. The van der Waals surface area contributed by atoms with Crippen LogP contribution in [0.2, 0.25) is 10.0 Å². The molecule has 26 heavy (non-hydrogen) atoms. The maximum absolute atomic E-state index is 12.2. The first-order valence-electron chi connectivity index (χ1n) is 7.66. The lowest BCUT2D eigenvalue weighted by Gasteiger charge is -2.09. The number of methoxy groups -OCH3 is 1. The summed E-state index contributed by atoms with van der Waals surface area (Å²) in [5.41, 5.74) is 1.03. The topological polar surface area (TPSA) is 84.5 Å². The lowest BCUT2D eigenvalue weighted by molar-refractivity contribution is -0.119. The molecule has 2 aromatic rings. The normalized spacial score (nSPS) is 11.2. The van der Waals surface area contributed by atoms with Crippen LogP contribution in [0.4, 0.5) is 0 Å². The summed E-state index contributed by atoms with van der Waals surface area (Å²) in [6.07, 6.45) is 0.614. The number of amides is 1. The highest BCUT2D eigenvalue weighted by atomic mass is 35.5. The molecular formula is C17H18Cl2N2O4S. The fraction of sp³-hybridized carbons (Fsp3) is 0.235. The monoisotopic (exact) mass is 416 g/mol. The number of ether oxygens (including phenoxy) is 1. The Bertz CT molecular complexity index is 871. The maximum Gasteiger partial charge on any atom is 0.242 e. The van der Waals surface area contributed by atoms with Gasteiger partial charge in [0.2, 0.25) is 15.9 Å². The van der Waals surface area contributed by atoms with Gasteiger partial charge in [0.05, 0.1) is 18.7 Å². The Morgan fingerprint density at radius 1 is 1.12 bits per heavy atom. The van der Waals surface area contributed by atoms with E-state index in [1.54, 1.807) is 7.11 Å². The number of nitrogens with one attached hydrogen (secondary N) is 2. The number of carbonyl (C=O) groups is 1. The largest absolute Gasteiger partial charge is 0.497 e. The molecule has 0 radical (unpaired) electrons. The van der Waals surface area contributed by atoms with Gasteiger partial charge in [0.1, 0.15) is 10.6 Å². The van der Waals surface area contributed by atoms with Gasteiger partial charge in [-0.3, -0.25) is 4.79 Å². The Kier molecular flexibility index (Phi) is 7.28. The zero-order valence-corrected chi connectivity index (χ0v) is 16.3. The first-order valence-corrected chi connectivity index (χ1v) is 9.90. The van der Waals surface area contributed by atoms with E-state index in [1.807, 2.05) is 24.3 Å². The molecule has 2 rings (SSSR count). The number of hydrogen-bond acceptors (Lipinski definition) is 4. The number of sulfonamides is 1. The van der Waals surface area contributed by atoms with Crippen molar-refractivity contribution in [3.8, 4) is 5.75 Å². The zero-order valence-electron chi connectivity index (χ0n) is 14.0. The summed E-state index contributed by atoms with van der Waals surface area (Å²) < 4.78 is 31.7. The van der Waals surface area contributed by atoms with Crippen molar-refractivity contribution in [3.05, 3.63) is 58.1 Å². The molecule has 0 heterocycles. The van der Waals surface area contributed by atoms with E-state index in [4.69, 9.17) is 27.9 Å². The van der Waals surface area contributed by atoms with Crippen molar-refractivity contribution in [2.45, 2.75) is 11.3 Å². The molecule has 0 fully saturated rings. The molecule has 2 N–H and O–H groups in total. The molecule has 0 unspecified atom stereocenters. The van der Waals surface area contributed by atoms with Crippen LogP contribution in [0.3, 0.4) is 0 Å². The molecule has 0 bridgehead atoms. The lowest BCUT2D eigenvalue weighted by Crippen LogP contribution is -2.37. The second-order valence-electron chi connectivity index (χ2n) is 5.35. The minimum atomic E-state index is -3.93. The Hall–Kier alpha value is -1.80. The minimum Gasteiger partial charge on any atom is -0.497 e. The van der Waals surface area contributed by atoms with Gasteiger partial charge in [0.25, 0.3) is 0 Å². The van der Waals surface area contributed by atoms with E-state index in [1.165, 1.54) is 18.2 Å². The Balaban J connectivity index is 1.83. The van der Waals surface area contributed by atoms with Gasteiger partial charge in [-0.2, -0.15) is 0 Å². The van der Waals surface area contributed by atoms with Crippen LogP contribution in [0.15, 0.2) is 47.4 Å². The van der Waals surface area contributed by atoms with Gasteiger partial charge in [-0.1, -0.05) is 35.3 Å². The van der Waals surface area contributed by atoms with Crippen LogP contribution in [0.25, 0.3) is 0 Å². The quantitative estimate of drug-likeness (QED) is 0.692. The second-order valence-corrected chi connectivity index (χ2v) is 7.93. The molecule has 0 atom stereocenters. The van der Waals surface area contributed by atoms with Crippen LogP contribution in [0.5, 0.6) is 5.75 Å². The summed E-state index contributed by atoms with van der Waals surface area (Å²) in [5.74, 6) is 0.312. The number of benzene rings is 2. The van der Waals surface area contributed by atoms with Gasteiger partial charge in [-0.25, -0.2) is 13.1 Å². The number of hydrogen-bond donors (Lipinski definition) is 2. The number of halogens is 2. The van der Waals surface area contributed by atoms with E-state index in [0.29, 0.717) is 13.0 Å². The molecule has 0 saturated heterocycles. The van der Waals surface area contributed by atoms with Crippen molar-refractivity contribution in [1.82, 2.24) is 10.0 Å². The van der Waals surface area contributed by atoms with Gasteiger partial charge >= 0.3 is 0 Å². The molecule has 0 spiro atoms. The van der Waals surface area contributed by atoms with Gasteiger partial charge in [0, 0.05) is 11.6 Å². The molecule has 6 nitrogen and oxygen atoms in total. The highest BCUT2D eigenvalue weighted by Crippen LogP contribution is 2.24. The molecule has 140 valence electrons. The van der Waals surface area contributed by atoms with E-state index in [-0.39, 0.29) is 14.9 Å². The highest BCUT2D eigenvalue weighted by molar-refractivity contribution is 7.89. The van der Waals surface area contributed by atoms with Crippen molar-refractivity contribution in [2.24, 2.45) is 0 Å². The maximum atomic E-state index is 12.2. The summed E-state index contributed by atoms with van der Waals surface area (Å²) in [5, 5.41) is 2.92. The third kappa shape index (κ3) is 5.88. The molecular weight excluding hydrogens is 399 g/mol. The zero-order chi connectivity index (χ0) is 19.2. The molecule has 2 aromatic carbocycles. The van der Waals surface area contributed by atoms with Crippen LogP contribution >= 0.6 is 23.2 Å². The Morgan fingerprint density at radius 3 is 2.46 bits per heavy atom. The predicted octanol–water partition coefficient (Wildman–Crippen LogP) is 2.64.